The van der Waals surface area contributed by atoms with E-state index in [-0.39, 0.29) is 12.3 Å². The van der Waals surface area contributed by atoms with E-state index in [0.717, 1.165) is 35.3 Å². The van der Waals surface area contributed by atoms with E-state index >= 15 is 0 Å². The highest BCUT2D eigenvalue weighted by atomic mass is 16.4. The summed E-state index contributed by atoms with van der Waals surface area (Å²) >= 11 is 0. The Balaban J connectivity index is 2.18. The van der Waals surface area contributed by atoms with Crippen molar-refractivity contribution in [2.24, 2.45) is 0 Å². The SMILES string of the molecule is CCc1cccc(CC)c1NC(=O)Cc1oc(C)nc1C. The van der Waals surface area contributed by atoms with Gasteiger partial charge >= 0.3 is 0 Å². The van der Waals surface area contributed by atoms with Crippen molar-refractivity contribution in [3.05, 3.63) is 46.7 Å². The molecule has 0 saturated carbocycles. The molecule has 0 aliphatic rings. The van der Waals surface area contributed by atoms with Gasteiger partial charge in [-0.15, -0.1) is 0 Å². The molecule has 0 saturated heterocycles. The summed E-state index contributed by atoms with van der Waals surface area (Å²) in [5.74, 6) is 1.17. The minimum atomic E-state index is -0.0650. The van der Waals surface area contributed by atoms with Crippen LogP contribution in [-0.2, 0) is 24.1 Å². The molecule has 1 aromatic heterocycles. The Morgan fingerprint density at radius 3 is 2.29 bits per heavy atom. The summed E-state index contributed by atoms with van der Waals surface area (Å²) in [4.78, 5) is 16.5. The fraction of sp³-hybridized carbons (Fsp3) is 0.412. The second kappa shape index (κ2) is 6.57. The Morgan fingerprint density at radius 1 is 1.19 bits per heavy atom. The Kier molecular flexibility index (Phi) is 4.78. The smallest absolute Gasteiger partial charge is 0.232 e. The van der Waals surface area contributed by atoms with E-state index in [9.17, 15) is 4.79 Å². The summed E-state index contributed by atoms with van der Waals surface area (Å²) in [6.07, 6.45) is 2.00. The molecule has 0 bridgehead atoms. The van der Waals surface area contributed by atoms with Gasteiger partial charge in [0.2, 0.25) is 5.91 Å². The number of carbonyl (C=O) groups is 1. The second-order valence-electron chi connectivity index (χ2n) is 5.12. The van der Waals surface area contributed by atoms with E-state index in [2.05, 4.69) is 36.3 Å². The number of aromatic nitrogens is 1. The molecule has 0 spiro atoms. The fourth-order valence-corrected chi connectivity index (χ4v) is 2.47. The Bertz CT molecular complexity index is 622. The maximum atomic E-state index is 12.3. The van der Waals surface area contributed by atoms with Crippen molar-refractivity contribution in [2.75, 3.05) is 5.32 Å². The quantitative estimate of drug-likeness (QED) is 0.913. The number of benzene rings is 1. The molecule has 1 heterocycles. The molecule has 2 rings (SSSR count). The summed E-state index contributed by atoms with van der Waals surface area (Å²) in [5, 5.41) is 3.04. The fourth-order valence-electron chi connectivity index (χ4n) is 2.47. The summed E-state index contributed by atoms with van der Waals surface area (Å²) in [6, 6.07) is 6.15. The van der Waals surface area contributed by atoms with Crippen LogP contribution in [-0.4, -0.2) is 10.9 Å². The first-order chi connectivity index (χ1) is 10.0. The third-order valence-electron chi connectivity index (χ3n) is 3.58. The predicted octanol–water partition coefficient (Wildman–Crippen LogP) is 3.60. The third-order valence-corrected chi connectivity index (χ3v) is 3.58. The van der Waals surface area contributed by atoms with Gasteiger partial charge < -0.3 is 9.73 Å². The van der Waals surface area contributed by atoms with E-state index in [1.54, 1.807) is 6.92 Å². The van der Waals surface area contributed by atoms with Crippen molar-refractivity contribution in [3.63, 3.8) is 0 Å². The normalized spacial score (nSPS) is 10.7. The number of oxazole rings is 1. The van der Waals surface area contributed by atoms with Gasteiger partial charge in [-0.1, -0.05) is 32.0 Å². The number of anilines is 1. The van der Waals surface area contributed by atoms with Crippen LogP contribution in [0.5, 0.6) is 0 Å². The first-order valence-electron chi connectivity index (χ1n) is 7.38. The molecular formula is C17H22N2O2. The molecule has 21 heavy (non-hydrogen) atoms. The maximum Gasteiger partial charge on any atom is 0.232 e. The first-order valence-corrected chi connectivity index (χ1v) is 7.38. The molecule has 0 fully saturated rings. The number of aryl methyl sites for hydroxylation is 4. The summed E-state index contributed by atoms with van der Waals surface area (Å²) in [6.45, 7) is 7.83. The van der Waals surface area contributed by atoms with Gasteiger partial charge in [-0.2, -0.15) is 0 Å². The maximum absolute atomic E-state index is 12.3. The molecule has 2 aromatic rings. The molecule has 0 atom stereocenters. The van der Waals surface area contributed by atoms with Crippen LogP contribution in [0.3, 0.4) is 0 Å². The van der Waals surface area contributed by atoms with Crippen molar-refractivity contribution in [3.8, 4) is 0 Å². The van der Waals surface area contributed by atoms with Gasteiger partial charge in [0.25, 0.3) is 0 Å². The molecule has 4 heteroatoms. The molecular weight excluding hydrogens is 264 g/mol. The molecule has 1 aromatic carbocycles. The van der Waals surface area contributed by atoms with E-state index < -0.39 is 0 Å². The van der Waals surface area contributed by atoms with Gasteiger partial charge in [-0.05, 0) is 30.9 Å². The minimum Gasteiger partial charge on any atom is -0.445 e. The van der Waals surface area contributed by atoms with Crippen LogP contribution < -0.4 is 5.32 Å². The molecule has 4 nitrogen and oxygen atoms in total. The molecule has 1 amide bonds. The van der Waals surface area contributed by atoms with Crippen LogP contribution in [0.1, 0.15) is 42.3 Å². The highest BCUT2D eigenvalue weighted by molar-refractivity contribution is 5.93. The van der Waals surface area contributed by atoms with Crippen LogP contribution in [0.4, 0.5) is 5.69 Å². The van der Waals surface area contributed by atoms with E-state index in [4.69, 9.17) is 4.42 Å². The van der Waals surface area contributed by atoms with Gasteiger partial charge in [-0.3, -0.25) is 4.79 Å². The van der Waals surface area contributed by atoms with E-state index in [1.807, 2.05) is 13.0 Å². The molecule has 112 valence electrons. The van der Waals surface area contributed by atoms with Gasteiger partial charge in [0.1, 0.15) is 5.76 Å². The number of nitrogens with one attached hydrogen (secondary N) is 1. The number of para-hydroxylation sites is 1. The lowest BCUT2D eigenvalue weighted by atomic mass is 10.0. The summed E-state index contributed by atoms with van der Waals surface area (Å²) in [5.41, 5.74) is 4.05. The van der Waals surface area contributed by atoms with Crippen LogP contribution in [0.2, 0.25) is 0 Å². The summed E-state index contributed by atoms with van der Waals surface area (Å²) < 4.78 is 5.46. The van der Waals surface area contributed by atoms with E-state index in [1.165, 1.54) is 0 Å². The van der Waals surface area contributed by atoms with Crippen molar-refractivity contribution in [1.82, 2.24) is 4.98 Å². The van der Waals surface area contributed by atoms with Crippen molar-refractivity contribution in [1.29, 1.82) is 0 Å². The molecule has 0 aliphatic carbocycles. The van der Waals surface area contributed by atoms with Gasteiger partial charge in [0.05, 0.1) is 12.1 Å². The first kappa shape index (κ1) is 15.3. The zero-order chi connectivity index (χ0) is 15.4. The van der Waals surface area contributed by atoms with Gasteiger partial charge in [-0.25, -0.2) is 4.98 Å². The second-order valence-corrected chi connectivity index (χ2v) is 5.12. The number of amides is 1. The topological polar surface area (TPSA) is 55.1 Å². The Morgan fingerprint density at radius 2 is 1.81 bits per heavy atom. The van der Waals surface area contributed by atoms with E-state index in [0.29, 0.717) is 11.7 Å². The average Bonchev–Trinajstić information content (AvgIpc) is 2.76. The number of nitrogens with zero attached hydrogens (tertiary/aromatic N) is 1. The zero-order valence-corrected chi connectivity index (χ0v) is 13.1. The lowest BCUT2D eigenvalue weighted by Crippen LogP contribution is -2.17. The molecule has 0 unspecified atom stereocenters. The summed E-state index contributed by atoms with van der Waals surface area (Å²) in [7, 11) is 0. The molecule has 0 radical (unpaired) electrons. The Hall–Kier alpha value is -2.10. The van der Waals surface area contributed by atoms with Crippen LogP contribution in [0, 0.1) is 13.8 Å². The monoisotopic (exact) mass is 286 g/mol. The van der Waals surface area contributed by atoms with Crippen LogP contribution in [0.15, 0.2) is 22.6 Å². The predicted molar refractivity (Wildman–Crippen MR) is 83.5 cm³/mol. The Labute approximate surface area is 125 Å². The minimum absolute atomic E-state index is 0.0650. The molecule has 0 aliphatic heterocycles. The number of carbonyl (C=O) groups excluding carboxylic acids is 1. The molecule has 1 N–H and O–H groups in total. The van der Waals surface area contributed by atoms with Crippen LogP contribution in [0.25, 0.3) is 0 Å². The number of hydrogen-bond acceptors (Lipinski definition) is 3. The van der Waals surface area contributed by atoms with Crippen LogP contribution >= 0.6 is 0 Å². The van der Waals surface area contributed by atoms with Crippen molar-refractivity contribution in [2.45, 2.75) is 47.0 Å². The van der Waals surface area contributed by atoms with Gasteiger partial charge in [0, 0.05) is 12.6 Å². The van der Waals surface area contributed by atoms with Gasteiger partial charge in [0.15, 0.2) is 5.89 Å². The lowest BCUT2D eigenvalue weighted by molar-refractivity contribution is -0.115. The largest absolute Gasteiger partial charge is 0.445 e. The number of hydrogen-bond donors (Lipinski definition) is 1. The zero-order valence-electron chi connectivity index (χ0n) is 13.1. The number of rotatable bonds is 5. The van der Waals surface area contributed by atoms with Crippen molar-refractivity contribution >= 4 is 11.6 Å². The third kappa shape index (κ3) is 3.51. The van der Waals surface area contributed by atoms with Crippen molar-refractivity contribution < 1.29 is 9.21 Å². The standard InChI is InChI=1S/C17H22N2O2/c1-5-13-8-7-9-14(6-2)17(13)19-16(20)10-15-11(3)18-12(4)21-15/h7-9H,5-6,10H2,1-4H3,(H,19,20). The highest BCUT2D eigenvalue weighted by Gasteiger charge is 2.14. The highest BCUT2D eigenvalue weighted by Crippen LogP contribution is 2.23. The lowest BCUT2D eigenvalue weighted by Gasteiger charge is -2.14. The average molecular weight is 286 g/mol.